The molecule has 14 heavy (non-hydrogen) atoms. The summed E-state index contributed by atoms with van der Waals surface area (Å²) in [5, 5.41) is 8.39. The highest BCUT2D eigenvalue weighted by molar-refractivity contribution is 7.93. The van der Waals surface area contributed by atoms with Crippen molar-refractivity contribution < 1.29 is 21.9 Å². The molecule has 2 N–H and O–H groups in total. The Labute approximate surface area is 84.3 Å². The predicted octanol–water partition coefficient (Wildman–Crippen LogP) is -1.67. The van der Waals surface area contributed by atoms with Gasteiger partial charge in [-0.05, 0) is 6.42 Å². The van der Waals surface area contributed by atoms with Crippen molar-refractivity contribution in [2.75, 3.05) is 30.9 Å². The van der Waals surface area contributed by atoms with Crippen LogP contribution in [0.5, 0.6) is 0 Å². The van der Waals surface area contributed by atoms with Crippen molar-refractivity contribution >= 4 is 19.9 Å². The van der Waals surface area contributed by atoms with Crippen LogP contribution in [0.4, 0.5) is 0 Å². The highest BCUT2D eigenvalue weighted by atomic mass is 32.2. The monoisotopic (exact) mass is 245 g/mol. The molecule has 0 atom stereocenters. The van der Waals surface area contributed by atoms with E-state index in [1.54, 1.807) is 0 Å². The van der Waals surface area contributed by atoms with Gasteiger partial charge in [-0.25, -0.2) is 21.6 Å². The molecule has 0 aromatic rings. The van der Waals surface area contributed by atoms with Crippen LogP contribution in [-0.2, 0) is 19.9 Å². The Balaban J connectivity index is 3.97. The van der Waals surface area contributed by atoms with Crippen molar-refractivity contribution in [1.82, 2.24) is 4.72 Å². The number of hydrogen-bond acceptors (Lipinski definition) is 5. The fraction of sp³-hybridized carbons (Fsp3) is 1.00. The Morgan fingerprint density at radius 1 is 1.14 bits per heavy atom. The molecule has 8 heteroatoms. The summed E-state index contributed by atoms with van der Waals surface area (Å²) in [6.07, 6.45) is 1.30. The van der Waals surface area contributed by atoms with Crippen LogP contribution in [0.25, 0.3) is 0 Å². The zero-order valence-corrected chi connectivity index (χ0v) is 9.57. The van der Waals surface area contributed by atoms with Gasteiger partial charge >= 0.3 is 0 Å². The smallest absolute Gasteiger partial charge is 0.212 e. The van der Waals surface area contributed by atoms with Crippen molar-refractivity contribution in [3.8, 4) is 0 Å². The lowest BCUT2D eigenvalue weighted by Gasteiger charge is -2.04. The highest BCUT2D eigenvalue weighted by Gasteiger charge is 2.13. The van der Waals surface area contributed by atoms with Gasteiger partial charge in [-0.1, -0.05) is 0 Å². The number of sulfone groups is 1. The molecule has 0 aromatic heterocycles. The van der Waals surface area contributed by atoms with Gasteiger partial charge in [0.25, 0.3) is 0 Å². The van der Waals surface area contributed by atoms with Crippen molar-refractivity contribution in [2.45, 2.75) is 6.42 Å². The average molecular weight is 245 g/mol. The van der Waals surface area contributed by atoms with E-state index >= 15 is 0 Å². The lowest BCUT2D eigenvalue weighted by atomic mass is 10.5. The molecule has 0 aliphatic carbocycles. The van der Waals surface area contributed by atoms with Crippen molar-refractivity contribution in [2.24, 2.45) is 0 Å². The molecule has 0 aromatic carbocycles. The first-order chi connectivity index (χ1) is 6.27. The van der Waals surface area contributed by atoms with E-state index in [1.165, 1.54) is 0 Å². The Morgan fingerprint density at radius 3 is 2.14 bits per heavy atom. The summed E-state index contributed by atoms with van der Waals surface area (Å²) in [6, 6.07) is 0. The topological polar surface area (TPSA) is 101 Å². The fourth-order valence-electron chi connectivity index (χ4n) is 0.640. The Morgan fingerprint density at radius 2 is 1.71 bits per heavy atom. The third kappa shape index (κ3) is 8.42. The molecule has 86 valence electrons. The van der Waals surface area contributed by atoms with Crippen LogP contribution in [0.15, 0.2) is 0 Å². The Hall–Kier alpha value is -0.180. The van der Waals surface area contributed by atoms with Crippen LogP contribution >= 0.6 is 0 Å². The van der Waals surface area contributed by atoms with E-state index in [9.17, 15) is 16.8 Å². The summed E-state index contributed by atoms with van der Waals surface area (Å²) in [5.74, 6) is -0.821. The van der Waals surface area contributed by atoms with Gasteiger partial charge < -0.3 is 5.11 Å². The van der Waals surface area contributed by atoms with Crippen molar-refractivity contribution in [3.05, 3.63) is 0 Å². The van der Waals surface area contributed by atoms with E-state index in [-0.39, 0.29) is 18.9 Å². The average Bonchev–Trinajstić information content (AvgIpc) is 2.00. The lowest BCUT2D eigenvalue weighted by Crippen LogP contribution is -2.30. The Kier molecular flexibility index (Phi) is 5.57. The number of aliphatic hydroxyl groups excluding tert-OH is 1. The zero-order chi connectivity index (χ0) is 11.2. The number of sulfonamides is 1. The van der Waals surface area contributed by atoms with E-state index in [2.05, 4.69) is 4.72 Å². The first-order valence-electron chi connectivity index (χ1n) is 4.03. The van der Waals surface area contributed by atoms with E-state index in [4.69, 9.17) is 5.11 Å². The molecule has 0 aliphatic rings. The molecule has 0 fully saturated rings. The Bertz CT molecular complexity index is 344. The minimum atomic E-state index is -3.53. The minimum absolute atomic E-state index is 0.103. The third-order valence-corrected chi connectivity index (χ3v) is 3.97. The molecule has 0 amide bonds. The van der Waals surface area contributed by atoms with Crippen LogP contribution in [0.1, 0.15) is 6.42 Å². The minimum Gasteiger partial charge on any atom is -0.396 e. The first kappa shape index (κ1) is 13.8. The molecule has 0 aliphatic heterocycles. The van der Waals surface area contributed by atoms with Gasteiger partial charge in [0.05, 0.1) is 11.5 Å². The summed E-state index contributed by atoms with van der Waals surface area (Å²) in [4.78, 5) is 0. The number of rotatable bonds is 7. The van der Waals surface area contributed by atoms with Gasteiger partial charge in [0.2, 0.25) is 10.0 Å². The summed E-state index contributed by atoms with van der Waals surface area (Å²) in [7, 11) is -6.78. The van der Waals surface area contributed by atoms with Crippen LogP contribution in [0.3, 0.4) is 0 Å². The van der Waals surface area contributed by atoms with E-state index in [0.717, 1.165) is 6.26 Å². The molecule has 0 spiro atoms. The summed E-state index contributed by atoms with van der Waals surface area (Å²) in [5.41, 5.74) is 0. The van der Waals surface area contributed by atoms with Gasteiger partial charge in [0.15, 0.2) is 0 Å². The molecule has 0 unspecified atom stereocenters. The quantitative estimate of drug-likeness (QED) is 0.522. The number of hydrogen-bond donors (Lipinski definition) is 2. The number of nitrogens with one attached hydrogen (secondary N) is 1. The molecule has 6 nitrogen and oxygen atoms in total. The molecule has 0 radical (unpaired) electrons. The summed E-state index contributed by atoms with van der Waals surface area (Å²) < 4.78 is 45.7. The van der Waals surface area contributed by atoms with Crippen LogP contribution in [0.2, 0.25) is 0 Å². The maximum Gasteiger partial charge on any atom is 0.212 e. The van der Waals surface area contributed by atoms with Gasteiger partial charge in [-0.2, -0.15) is 0 Å². The molecular weight excluding hydrogens is 230 g/mol. The highest BCUT2D eigenvalue weighted by Crippen LogP contribution is 1.90. The standard InChI is InChI=1S/C6H15NO5S2/c1-13(9,10)5-6-14(11,12)7-3-2-4-8/h7-8H,2-6H2,1H3. The molecule has 0 saturated carbocycles. The maximum absolute atomic E-state index is 11.1. The maximum atomic E-state index is 11.1. The van der Waals surface area contributed by atoms with Gasteiger partial charge in [-0.15, -0.1) is 0 Å². The van der Waals surface area contributed by atoms with E-state index in [0.29, 0.717) is 6.42 Å². The summed E-state index contributed by atoms with van der Waals surface area (Å²) in [6.45, 7) is 0.0250. The van der Waals surface area contributed by atoms with Crippen molar-refractivity contribution in [1.29, 1.82) is 0 Å². The van der Waals surface area contributed by atoms with Crippen LogP contribution in [-0.4, -0.2) is 52.9 Å². The van der Waals surface area contributed by atoms with Crippen molar-refractivity contribution in [3.63, 3.8) is 0 Å². The molecular formula is C6H15NO5S2. The van der Waals surface area contributed by atoms with E-state index in [1.807, 2.05) is 0 Å². The SMILES string of the molecule is CS(=O)(=O)CCS(=O)(=O)NCCCO. The van der Waals surface area contributed by atoms with Crippen LogP contribution in [0, 0.1) is 0 Å². The third-order valence-electron chi connectivity index (χ3n) is 1.38. The van der Waals surface area contributed by atoms with E-state index < -0.39 is 25.6 Å². The van der Waals surface area contributed by atoms with Gasteiger partial charge in [-0.3, -0.25) is 0 Å². The second-order valence-corrected chi connectivity index (χ2v) is 7.11. The summed E-state index contributed by atoms with van der Waals surface area (Å²) >= 11 is 0. The molecule has 0 rings (SSSR count). The van der Waals surface area contributed by atoms with Crippen LogP contribution < -0.4 is 4.72 Å². The molecule has 0 heterocycles. The van der Waals surface area contributed by atoms with Gasteiger partial charge in [0, 0.05) is 19.4 Å². The second kappa shape index (κ2) is 5.64. The predicted molar refractivity (Wildman–Crippen MR) is 53.2 cm³/mol. The zero-order valence-electron chi connectivity index (χ0n) is 7.93. The lowest BCUT2D eigenvalue weighted by molar-refractivity contribution is 0.289. The first-order valence-corrected chi connectivity index (χ1v) is 7.74. The largest absolute Gasteiger partial charge is 0.396 e. The van der Waals surface area contributed by atoms with Gasteiger partial charge in [0.1, 0.15) is 9.84 Å². The second-order valence-electron chi connectivity index (χ2n) is 2.92. The molecule has 0 bridgehead atoms. The number of aliphatic hydroxyl groups is 1. The fourth-order valence-corrected chi connectivity index (χ4v) is 3.33. The normalized spacial score (nSPS) is 13.0. The molecule has 0 saturated heterocycles.